The Morgan fingerprint density at radius 3 is 2.63 bits per heavy atom. The van der Waals surface area contributed by atoms with Crippen LogP contribution < -0.4 is 16.4 Å². The van der Waals surface area contributed by atoms with Crippen LogP contribution in [0.25, 0.3) is 0 Å². The molecule has 0 aliphatic carbocycles. The molecule has 102 valence electrons. The smallest absolute Gasteiger partial charge is 0.292 e. The monoisotopic (exact) mass is 266 g/mol. The molecule has 4 N–H and O–H groups in total. The van der Waals surface area contributed by atoms with E-state index in [2.05, 4.69) is 10.6 Å². The molecular weight excluding hydrogens is 252 g/mol. The van der Waals surface area contributed by atoms with Crippen LogP contribution in [0.15, 0.2) is 18.2 Å². The van der Waals surface area contributed by atoms with Crippen LogP contribution in [-0.4, -0.2) is 30.3 Å². The van der Waals surface area contributed by atoms with Gasteiger partial charge in [0.2, 0.25) is 5.91 Å². The van der Waals surface area contributed by atoms with Crippen LogP contribution in [0, 0.1) is 10.1 Å². The van der Waals surface area contributed by atoms with Gasteiger partial charge in [-0.05, 0) is 12.1 Å². The number of hydrogen-bond donors (Lipinski definition) is 3. The Labute approximate surface area is 109 Å². The van der Waals surface area contributed by atoms with Gasteiger partial charge in [-0.3, -0.25) is 19.7 Å². The topological polar surface area (TPSA) is 127 Å². The Morgan fingerprint density at radius 1 is 1.42 bits per heavy atom. The number of nitrogens with two attached hydrogens (primary N) is 1. The highest BCUT2D eigenvalue weighted by Gasteiger charge is 2.14. The van der Waals surface area contributed by atoms with Crippen LogP contribution in [-0.2, 0) is 4.79 Å². The molecule has 8 heteroatoms. The van der Waals surface area contributed by atoms with Gasteiger partial charge in [0.1, 0.15) is 5.69 Å². The van der Waals surface area contributed by atoms with Gasteiger partial charge in [-0.15, -0.1) is 0 Å². The van der Waals surface area contributed by atoms with Gasteiger partial charge in [0.15, 0.2) is 0 Å². The van der Waals surface area contributed by atoms with E-state index in [9.17, 15) is 19.7 Å². The molecule has 8 nitrogen and oxygen atoms in total. The van der Waals surface area contributed by atoms with E-state index in [1.807, 2.05) is 0 Å². The number of nitrogen functional groups attached to an aromatic ring is 1. The van der Waals surface area contributed by atoms with Crippen LogP contribution in [0.5, 0.6) is 0 Å². The highest BCUT2D eigenvalue weighted by Crippen LogP contribution is 2.21. The van der Waals surface area contributed by atoms with Crippen molar-refractivity contribution in [3.05, 3.63) is 33.9 Å². The van der Waals surface area contributed by atoms with Crippen molar-refractivity contribution in [3.63, 3.8) is 0 Å². The second-order valence-corrected chi connectivity index (χ2v) is 3.71. The van der Waals surface area contributed by atoms with E-state index in [1.165, 1.54) is 25.2 Å². The fourth-order valence-electron chi connectivity index (χ4n) is 1.38. The Morgan fingerprint density at radius 2 is 2.11 bits per heavy atom. The first-order valence-electron chi connectivity index (χ1n) is 5.48. The van der Waals surface area contributed by atoms with Crippen molar-refractivity contribution in [1.82, 2.24) is 10.6 Å². The number of nitrogens with zero attached hydrogens (tertiary/aromatic N) is 1. The summed E-state index contributed by atoms with van der Waals surface area (Å²) >= 11 is 0. The maximum atomic E-state index is 11.7. The fraction of sp³-hybridized carbons (Fsp3) is 0.273. The molecule has 0 radical (unpaired) electrons. The molecule has 0 aliphatic heterocycles. The normalized spacial score (nSPS) is 9.74. The van der Waals surface area contributed by atoms with E-state index in [1.54, 1.807) is 0 Å². The molecule has 0 unspecified atom stereocenters. The largest absolute Gasteiger partial charge is 0.393 e. The molecule has 2 amide bonds. The number of nitrogens with one attached hydrogen (secondary N) is 2. The molecule has 0 saturated heterocycles. The van der Waals surface area contributed by atoms with Crippen LogP contribution in [0.3, 0.4) is 0 Å². The summed E-state index contributed by atoms with van der Waals surface area (Å²) in [6, 6.07) is 3.71. The first-order chi connectivity index (χ1) is 8.95. The maximum Gasteiger partial charge on any atom is 0.292 e. The van der Waals surface area contributed by atoms with Gasteiger partial charge < -0.3 is 16.4 Å². The molecule has 0 aliphatic rings. The summed E-state index contributed by atoms with van der Waals surface area (Å²) < 4.78 is 0. The Bertz CT molecular complexity index is 515. The van der Waals surface area contributed by atoms with Crippen molar-refractivity contribution in [1.29, 1.82) is 0 Å². The highest BCUT2D eigenvalue weighted by atomic mass is 16.6. The molecule has 0 aromatic heterocycles. The SMILES string of the molecule is CNC(=O)CCNC(=O)c1ccc([N+](=O)[O-])c(N)c1. The fourth-order valence-corrected chi connectivity index (χ4v) is 1.38. The van der Waals surface area contributed by atoms with Crippen LogP contribution in [0.4, 0.5) is 11.4 Å². The minimum absolute atomic E-state index is 0.0797. The molecule has 0 atom stereocenters. The lowest BCUT2D eigenvalue weighted by Crippen LogP contribution is -2.29. The van der Waals surface area contributed by atoms with Gasteiger partial charge in [-0.25, -0.2) is 0 Å². The number of benzene rings is 1. The molecule has 0 spiro atoms. The third kappa shape index (κ3) is 3.95. The zero-order valence-corrected chi connectivity index (χ0v) is 10.3. The summed E-state index contributed by atoms with van der Waals surface area (Å²) in [4.78, 5) is 32.6. The van der Waals surface area contributed by atoms with Gasteiger partial charge in [0.25, 0.3) is 11.6 Å². The first-order valence-corrected chi connectivity index (χ1v) is 5.48. The molecule has 1 aromatic rings. The maximum absolute atomic E-state index is 11.7. The molecule has 0 saturated carbocycles. The van der Waals surface area contributed by atoms with Gasteiger partial charge in [-0.1, -0.05) is 0 Å². The summed E-state index contributed by atoms with van der Waals surface area (Å²) in [5.74, 6) is -0.631. The predicted octanol–water partition coefficient (Wildman–Crippen LogP) is 0.0429. The lowest BCUT2D eigenvalue weighted by molar-refractivity contribution is -0.383. The van der Waals surface area contributed by atoms with E-state index >= 15 is 0 Å². The molecule has 0 heterocycles. The van der Waals surface area contributed by atoms with E-state index in [4.69, 9.17) is 5.73 Å². The number of carbonyl (C=O) groups is 2. The number of rotatable bonds is 5. The lowest BCUT2D eigenvalue weighted by atomic mass is 10.1. The van der Waals surface area contributed by atoms with E-state index in [0.717, 1.165) is 0 Å². The average Bonchev–Trinajstić information content (AvgIpc) is 2.37. The number of nitro benzene ring substituents is 1. The van der Waals surface area contributed by atoms with Crippen molar-refractivity contribution >= 4 is 23.2 Å². The van der Waals surface area contributed by atoms with Crippen molar-refractivity contribution < 1.29 is 14.5 Å². The quantitative estimate of drug-likeness (QED) is 0.394. The molecule has 19 heavy (non-hydrogen) atoms. The highest BCUT2D eigenvalue weighted by molar-refractivity contribution is 5.95. The van der Waals surface area contributed by atoms with Gasteiger partial charge >= 0.3 is 0 Å². The van der Waals surface area contributed by atoms with E-state index in [0.29, 0.717) is 0 Å². The lowest BCUT2D eigenvalue weighted by Gasteiger charge is -2.05. The number of nitro groups is 1. The van der Waals surface area contributed by atoms with Crippen molar-refractivity contribution in [2.24, 2.45) is 0 Å². The second-order valence-electron chi connectivity index (χ2n) is 3.71. The Hall–Kier alpha value is -2.64. The standard InChI is InChI=1S/C11H14N4O4/c1-13-10(16)4-5-14-11(17)7-2-3-9(15(18)19)8(12)6-7/h2-3,6H,4-5,12H2,1H3,(H,13,16)(H,14,17). The molecule has 0 bridgehead atoms. The summed E-state index contributed by atoms with van der Waals surface area (Å²) in [7, 11) is 1.50. The van der Waals surface area contributed by atoms with E-state index < -0.39 is 10.8 Å². The van der Waals surface area contributed by atoms with Gasteiger partial charge in [0, 0.05) is 31.6 Å². The van der Waals surface area contributed by atoms with E-state index in [-0.39, 0.29) is 35.8 Å². The summed E-state index contributed by atoms with van der Waals surface area (Å²) in [5.41, 5.74) is 5.35. The third-order valence-corrected chi connectivity index (χ3v) is 2.40. The van der Waals surface area contributed by atoms with Crippen molar-refractivity contribution in [3.8, 4) is 0 Å². The summed E-state index contributed by atoms with van der Waals surface area (Å²) in [6.45, 7) is 0.176. The van der Waals surface area contributed by atoms with Crippen LogP contribution >= 0.6 is 0 Å². The first kappa shape index (κ1) is 14.4. The molecular formula is C11H14N4O4. The Balaban J connectivity index is 2.65. The van der Waals surface area contributed by atoms with Gasteiger partial charge in [-0.2, -0.15) is 0 Å². The molecule has 1 rings (SSSR count). The van der Waals surface area contributed by atoms with Crippen molar-refractivity contribution in [2.45, 2.75) is 6.42 Å². The zero-order valence-electron chi connectivity index (χ0n) is 10.3. The minimum atomic E-state index is -0.622. The molecule has 0 fully saturated rings. The number of hydrogen-bond acceptors (Lipinski definition) is 5. The average molecular weight is 266 g/mol. The summed E-state index contributed by atoms with van der Waals surface area (Å²) in [6.07, 6.45) is 0.157. The Kier molecular flexibility index (Phi) is 4.81. The predicted molar refractivity (Wildman–Crippen MR) is 68.5 cm³/mol. The number of carbonyl (C=O) groups excluding carboxylic acids is 2. The van der Waals surface area contributed by atoms with Crippen LogP contribution in [0.1, 0.15) is 16.8 Å². The zero-order chi connectivity index (χ0) is 14.4. The third-order valence-electron chi connectivity index (χ3n) is 2.40. The van der Waals surface area contributed by atoms with Crippen molar-refractivity contribution in [2.75, 3.05) is 19.3 Å². The molecule has 1 aromatic carbocycles. The van der Waals surface area contributed by atoms with Crippen LogP contribution in [0.2, 0.25) is 0 Å². The number of amides is 2. The minimum Gasteiger partial charge on any atom is -0.393 e. The second kappa shape index (κ2) is 6.34. The summed E-state index contributed by atoms with van der Waals surface area (Å²) in [5, 5.41) is 15.5. The number of anilines is 1. The van der Waals surface area contributed by atoms with Gasteiger partial charge in [0.05, 0.1) is 4.92 Å².